The van der Waals surface area contributed by atoms with Crippen LogP contribution in [0.15, 0.2) is 12.8 Å². The fourth-order valence-electron chi connectivity index (χ4n) is 3.83. The van der Waals surface area contributed by atoms with Crippen molar-refractivity contribution in [3.05, 3.63) is 12.8 Å². The maximum atomic E-state index is 10.4. The van der Waals surface area contributed by atoms with Crippen molar-refractivity contribution < 1.29 is 19.4 Å². The van der Waals surface area contributed by atoms with E-state index in [1.807, 2.05) is 0 Å². The second-order valence-corrected chi connectivity index (χ2v) is 8.99. The molecule has 0 aromatic heterocycles. The zero-order valence-corrected chi connectivity index (χ0v) is 21.5. The fraction of sp³-hybridized carbons (Fsp3) is 0.857. The highest BCUT2D eigenvalue weighted by atomic mass is 16.5. The van der Waals surface area contributed by atoms with E-state index in [-0.39, 0.29) is 5.97 Å². The number of rotatable bonds is 23. The molecule has 0 aromatic rings. The van der Waals surface area contributed by atoms with Crippen LogP contribution in [0.1, 0.15) is 155 Å². The Bertz CT molecular complexity index is 406. The highest BCUT2D eigenvalue weighted by molar-refractivity contribution is 5.66. The van der Waals surface area contributed by atoms with Gasteiger partial charge in [0, 0.05) is 13.3 Å². The number of aliphatic carboxylic acids is 1. The summed E-state index contributed by atoms with van der Waals surface area (Å²) in [5.74, 6) is -0.979. The number of hydrogen-bond acceptors (Lipinski definition) is 3. The molecule has 0 aliphatic carbocycles. The van der Waals surface area contributed by atoms with E-state index in [0.29, 0.717) is 6.42 Å². The molecule has 0 saturated heterocycles. The van der Waals surface area contributed by atoms with Gasteiger partial charge in [-0.05, 0) is 6.42 Å². The minimum Gasteiger partial charge on any atom is -0.481 e. The molecule has 0 heterocycles. The maximum absolute atomic E-state index is 10.4. The Morgan fingerprint density at radius 1 is 0.625 bits per heavy atom. The Kier molecular flexibility index (Phi) is 30.5. The van der Waals surface area contributed by atoms with E-state index in [1.54, 1.807) is 0 Å². The molecule has 0 aliphatic rings. The molecule has 190 valence electrons. The number of unbranched alkanes of at least 4 members (excludes halogenated alkanes) is 20. The van der Waals surface area contributed by atoms with Crippen molar-refractivity contribution >= 4 is 11.9 Å². The first-order chi connectivity index (χ1) is 15.5. The molecule has 0 unspecified atom stereocenters. The monoisotopic (exact) mass is 454 g/mol. The van der Waals surface area contributed by atoms with Gasteiger partial charge in [-0.3, -0.25) is 9.59 Å². The van der Waals surface area contributed by atoms with Gasteiger partial charge in [0.05, 0.1) is 6.26 Å². The molecule has 0 rings (SSSR count). The van der Waals surface area contributed by atoms with Gasteiger partial charge in [-0.2, -0.15) is 0 Å². The van der Waals surface area contributed by atoms with Crippen molar-refractivity contribution in [2.75, 3.05) is 0 Å². The Labute approximate surface area is 199 Å². The number of carbonyl (C=O) groups is 2. The standard InChI is InChI=1S/C24H48O2.C4H6O2/c1-2-3-4-5-6-7-8-9-10-11-12-13-14-15-16-17-18-19-20-21-22-23-24(25)26;1-3-6-4(2)5/h2-23H2,1H3,(H,25,26);3H,1H2,2H3. The number of carboxylic acid groups (broad SMARTS) is 1. The number of ether oxygens (including phenoxy) is 1. The van der Waals surface area contributed by atoms with Crippen LogP contribution in [0.5, 0.6) is 0 Å². The normalized spacial score (nSPS) is 10.3. The first kappa shape index (κ1) is 32.9. The summed E-state index contributed by atoms with van der Waals surface area (Å²) in [6.07, 6.45) is 30.2. The number of hydrogen-bond donors (Lipinski definition) is 1. The molecule has 0 fully saturated rings. The molecule has 0 aromatic carbocycles. The minimum atomic E-state index is -0.650. The molecule has 32 heavy (non-hydrogen) atoms. The van der Waals surface area contributed by atoms with Gasteiger partial charge >= 0.3 is 11.9 Å². The van der Waals surface area contributed by atoms with Crippen molar-refractivity contribution in [2.45, 2.75) is 155 Å². The molecule has 0 bridgehead atoms. The SMILES string of the molecule is C=COC(C)=O.CCCCCCCCCCCCCCCCCCCCCCCC(=O)O. The number of carbonyl (C=O) groups excluding carboxylic acids is 1. The number of esters is 1. The summed E-state index contributed by atoms with van der Waals surface area (Å²) >= 11 is 0. The Hall–Kier alpha value is -1.32. The van der Waals surface area contributed by atoms with Gasteiger partial charge in [0.2, 0.25) is 0 Å². The van der Waals surface area contributed by atoms with E-state index in [2.05, 4.69) is 18.2 Å². The lowest BCUT2D eigenvalue weighted by atomic mass is 10.0. The Balaban J connectivity index is 0. The minimum absolute atomic E-state index is 0.329. The zero-order chi connectivity index (χ0) is 24.1. The van der Waals surface area contributed by atoms with Crippen molar-refractivity contribution in [3.63, 3.8) is 0 Å². The van der Waals surface area contributed by atoms with E-state index in [1.165, 1.54) is 129 Å². The van der Waals surface area contributed by atoms with Gasteiger partial charge in [-0.1, -0.05) is 142 Å². The van der Waals surface area contributed by atoms with Crippen molar-refractivity contribution in [3.8, 4) is 0 Å². The number of carboxylic acids is 1. The molecule has 0 saturated carbocycles. The molecule has 4 nitrogen and oxygen atoms in total. The van der Waals surface area contributed by atoms with Crippen molar-refractivity contribution in [2.24, 2.45) is 0 Å². The lowest BCUT2D eigenvalue weighted by Gasteiger charge is -2.04. The smallest absolute Gasteiger partial charge is 0.307 e. The van der Waals surface area contributed by atoms with Gasteiger partial charge in [0.25, 0.3) is 0 Å². The summed E-state index contributed by atoms with van der Waals surface area (Å²) in [5.41, 5.74) is 0. The van der Waals surface area contributed by atoms with Gasteiger partial charge in [-0.15, -0.1) is 0 Å². The summed E-state index contributed by atoms with van der Waals surface area (Å²) in [4.78, 5) is 20.2. The van der Waals surface area contributed by atoms with Crippen molar-refractivity contribution in [1.82, 2.24) is 0 Å². The van der Waals surface area contributed by atoms with E-state index >= 15 is 0 Å². The van der Waals surface area contributed by atoms with E-state index in [4.69, 9.17) is 5.11 Å². The van der Waals surface area contributed by atoms with Gasteiger partial charge in [0.1, 0.15) is 0 Å². The predicted octanol–water partition coefficient (Wildman–Crippen LogP) is 9.37. The third-order valence-corrected chi connectivity index (χ3v) is 5.74. The van der Waals surface area contributed by atoms with Crippen LogP contribution in [0.3, 0.4) is 0 Å². The highest BCUT2D eigenvalue weighted by Gasteiger charge is 1.97. The summed E-state index contributed by atoms with van der Waals surface area (Å²) in [7, 11) is 0. The molecular formula is C28H54O4. The molecule has 0 spiro atoms. The van der Waals surface area contributed by atoms with Crippen LogP contribution in [-0.4, -0.2) is 17.0 Å². The topological polar surface area (TPSA) is 63.6 Å². The molecule has 0 amide bonds. The summed E-state index contributed by atoms with van der Waals surface area (Å²) in [6.45, 7) is 6.77. The molecule has 1 N–H and O–H groups in total. The summed E-state index contributed by atoms with van der Waals surface area (Å²) in [5, 5.41) is 8.57. The highest BCUT2D eigenvalue weighted by Crippen LogP contribution is 2.15. The van der Waals surface area contributed by atoms with Crippen LogP contribution >= 0.6 is 0 Å². The summed E-state index contributed by atoms with van der Waals surface area (Å²) in [6, 6.07) is 0. The molecule has 0 aliphatic heterocycles. The van der Waals surface area contributed by atoms with Gasteiger partial charge < -0.3 is 9.84 Å². The quantitative estimate of drug-likeness (QED) is 0.0948. The average Bonchev–Trinajstić information content (AvgIpc) is 2.75. The Morgan fingerprint density at radius 2 is 0.906 bits per heavy atom. The van der Waals surface area contributed by atoms with Crippen LogP contribution in [0.4, 0.5) is 0 Å². The van der Waals surface area contributed by atoms with Crippen LogP contribution in [0.2, 0.25) is 0 Å². The lowest BCUT2D eigenvalue weighted by Crippen LogP contribution is -1.93. The zero-order valence-electron chi connectivity index (χ0n) is 21.5. The predicted molar refractivity (Wildman–Crippen MR) is 137 cm³/mol. The fourth-order valence-corrected chi connectivity index (χ4v) is 3.83. The van der Waals surface area contributed by atoms with E-state index < -0.39 is 5.97 Å². The molecule has 0 radical (unpaired) electrons. The second-order valence-electron chi connectivity index (χ2n) is 8.99. The van der Waals surface area contributed by atoms with E-state index in [9.17, 15) is 9.59 Å². The van der Waals surface area contributed by atoms with Gasteiger partial charge in [0.15, 0.2) is 0 Å². The average molecular weight is 455 g/mol. The summed E-state index contributed by atoms with van der Waals surface area (Å²) < 4.78 is 4.17. The molecular weight excluding hydrogens is 400 g/mol. The van der Waals surface area contributed by atoms with Crippen LogP contribution in [0.25, 0.3) is 0 Å². The van der Waals surface area contributed by atoms with E-state index in [0.717, 1.165) is 19.1 Å². The van der Waals surface area contributed by atoms with Crippen LogP contribution in [0, 0.1) is 0 Å². The first-order valence-electron chi connectivity index (χ1n) is 13.5. The second kappa shape index (κ2) is 29.7. The third kappa shape index (κ3) is 36.1. The van der Waals surface area contributed by atoms with Crippen LogP contribution in [-0.2, 0) is 14.3 Å². The van der Waals surface area contributed by atoms with Crippen LogP contribution < -0.4 is 0 Å². The molecule has 4 heteroatoms. The lowest BCUT2D eigenvalue weighted by molar-refractivity contribution is -0.137. The molecule has 0 atom stereocenters. The largest absolute Gasteiger partial charge is 0.481 e. The van der Waals surface area contributed by atoms with Crippen molar-refractivity contribution in [1.29, 1.82) is 0 Å². The van der Waals surface area contributed by atoms with Gasteiger partial charge in [-0.25, -0.2) is 0 Å². The maximum Gasteiger partial charge on any atom is 0.307 e. The third-order valence-electron chi connectivity index (χ3n) is 5.74. The Morgan fingerprint density at radius 3 is 1.09 bits per heavy atom. The first-order valence-corrected chi connectivity index (χ1v) is 13.5.